The Bertz CT molecular complexity index is 1180. The van der Waals surface area contributed by atoms with Gasteiger partial charge in [-0.05, 0) is 42.3 Å². The third-order valence-corrected chi connectivity index (χ3v) is 6.77. The molecular weight excluding hydrogens is 486 g/mol. The van der Waals surface area contributed by atoms with Gasteiger partial charge in [-0.15, -0.1) is 12.4 Å². The minimum atomic E-state index is -0.0518. The number of amides is 1. The van der Waals surface area contributed by atoms with Crippen molar-refractivity contribution in [2.75, 3.05) is 51.2 Å². The highest BCUT2D eigenvalue weighted by molar-refractivity contribution is 6.02. The summed E-state index contributed by atoms with van der Waals surface area (Å²) in [6.45, 7) is 6.37. The van der Waals surface area contributed by atoms with Crippen LogP contribution in [-0.4, -0.2) is 78.1 Å². The lowest BCUT2D eigenvalue weighted by molar-refractivity contribution is 0.0394. The third-order valence-electron chi connectivity index (χ3n) is 6.77. The van der Waals surface area contributed by atoms with Gasteiger partial charge in [0.25, 0.3) is 5.91 Å². The fraction of sp³-hybridized carbons (Fsp3) is 0.321. The molecule has 0 bridgehead atoms. The highest BCUT2D eigenvalue weighted by Crippen LogP contribution is 2.25. The van der Waals surface area contributed by atoms with Crippen LogP contribution in [0.1, 0.15) is 22.3 Å². The fourth-order valence-electron chi connectivity index (χ4n) is 4.73. The van der Waals surface area contributed by atoms with E-state index in [0.717, 1.165) is 44.7 Å². The quantitative estimate of drug-likeness (QED) is 0.512. The van der Waals surface area contributed by atoms with Gasteiger partial charge in [0, 0.05) is 70.9 Å². The summed E-state index contributed by atoms with van der Waals surface area (Å²) in [7, 11) is 1.82. The lowest BCUT2D eigenvalue weighted by Crippen LogP contribution is -2.52. The van der Waals surface area contributed by atoms with E-state index in [0.29, 0.717) is 30.3 Å². The molecule has 37 heavy (non-hydrogen) atoms. The minimum absolute atomic E-state index is 0. The number of para-hydroxylation sites is 2. The lowest BCUT2D eigenvalue weighted by Gasteiger charge is -2.37. The molecule has 8 nitrogen and oxygen atoms in total. The first-order valence-electron chi connectivity index (χ1n) is 12.6. The number of rotatable bonds is 7. The fourth-order valence-corrected chi connectivity index (χ4v) is 4.73. The number of carbonyl (C=O) groups excluding carboxylic acids is 1. The first-order chi connectivity index (χ1) is 17.7. The second kappa shape index (κ2) is 12.6. The molecule has 1 aromatic heterocycles. The number of hydrogen-bond donors (Lipinski definition) is 1. The molecule has 1 saturated heterocycles. The molecule has 1 fully saturated rings. The highest BCUT2D eigenvalue weighted by atomic mass is 35.5. The summed E-state index contributed by atoms with van der Waals surface area (Å²) in [5, 5.41) is 7.11. The van der Waals surface area contributed by atoms with Gasteiger partial charge < -0.3 is 10.2 Å². The molecule has 2 aliphatic rings. The van der Waals surface area contributed by atoms with Crippen LogP contribution in [0.5, 0.6) is 0 Å². The molecule has 2 aromatic carbocycles. The Hall–Kier alpha value is -3.62. The number of guanidine groups is 1. The van der Waals surface area contributed by atoms with E-state index in [1.54, 1.807) is 11.2 Å². The van der Waals surface area contributed by atoms with Gasteiger partial charge in [-0.1, -0.05) is 36.4 Å². The largest absolute Gasteiger partial charge is 0.369 e. The van der Waals surface area contributed by atoms with Gasteiger partial charge >= 0.3 is 0 Å². The Morgan fingerprint density at radius 1 is 0.892 bits per heavy atom. The Labute approximate surface area is 225 Å². The van der Waals surface area contributed by atoms with Crippen molar-refractivity contribution in [2.24, 2.45) is 4.99 Å². The van der Waals surface area contributed by atoms with Crippen LogP contribution < -0.4 is 10.2 Å². The van der Waals surface area contributed by atoms with Crippen molar-refractivity contribution >= 4 is 35.6 Å². The topological polar surface area (TPSA) is 67.3 Å². The Kier molecular flexibility index (Phi) is 8.98. The number of anilines is 1. The summed E-state index contributed by atoms with van der Waals surface area (Å²) in [6.07, 6.45) is 4.53. The molecule has 0 spiro atoms. The van der Waals surface area contributed by atoms with Crippen LogP contribution in [0.4, 0.5) is 11.4 Å². The summed E-state index contributed by atoms with van der Waals surface area (Å²) in [5.74, 6) is 0.623. The third kappa shape index (κ3) is 6.39. The number of fused-ring (bicyclic) bond motifs is 1. The van der Waals surface area contributed by atoms with Crippen molar-refractivity contribution < 1.29 is 4.79 Å². The average molecular weight is 520 g/mol. The maximum absolute atomic E-state index is 13.3. The van der Waals surface area contributed by atoms with Gasteiger partial charge in [-0.25, -0.2) is 4.99 Å². The second-order valence-corrected chi connectivity index (χ2v) is 9.14. The number of carbonyl (C=O) groups is 1. The van der Waals surface area contributed by atoms with Crippen LogP contribution >= 0.6 is 12.4 Å². The predicted octanol–water partition coefficient (Wildman–Crippen LogP) is 3.80. The van der Waals surface area contributed by atoms with Gasteiger partial charge in [0.15, 0.2) is 0 Å². The van der Waals surface area contributed by atoms with Crippen LogP contribution in [0.3, 0.4) is 0 Å². The number of benzene rings is 2. The van der Waals surface area contributed by atoms with Crippen molar-refractivity contribution in [3.8, 4) is 0 Å². The van der Waals surface area contributed by atoms with E-state index in [1.165, 1.54) is 5.69 Å². The summed E-state index contributed by atoms with van der Waals surface area (Å²) >= 11 is 0. The van der Waals surface area contributed by atoms with Crippen LogP contribution in [0, 0.1) is 0 Å². The van der Waals surface area contributed by atoms with Crippen LogP contribution in [0.25, 0.3) is 0 Å². The van der Waals surface area contributed by atoms with Gasteiger partial charge in [0.1, 0.15) is 0 Å². The number of piperazine rings is 1. The van der Waals surface area contributed by atoms with E-state index >= 15 is 0 Å². The molecule has 0 aliphatic carbocycles. The lowest BCUT2D eigenvalue weighted by atomic mass is 10.1. The molecule has 3 heterocycles. The van der Waals surface area contributed by atoms with Crippen LogP contribution in [-0.2, 0) is 6.54 Å². The van der Waals surface area contributed by atoms with Gasteiger partial charge in [0.2, 0.25) is 5.96 Å². The van der Waals surface area contributed by atoms with Crippen molar-refractivity contribution in [1.29, 1.82) is 0 Å². The normalized spacial score (nSPS) is 16.0. The van der Waals surface area contributed by atoms with Crippen LogP contribution in [0.2, 0.25) is 0 Å². The number of hydrazine groups is 1. The number of hydrogen-bond acceptors (Lipinski definition) is 7. The molecule has 0 atom stereocenters. The molecule has 0 saturated carbocycles. The standard InChI is InChI=1S/C28H33N7O.ClH/c1-32-27(36)25-12-5-6-13-26(25)31-28(30-22-23-9-7-14-29-21-23)35(32)16-8-15-33-17-19-34(20-18-33)24-10-3-2-4-11-24;/h2-7,9-14,21H,8,15-20,22H2,1H3,(H,30,31);1H. The maximum Gasteiger partial charge on any atom is 0.274 e. The number of aliphatic imine (C=N–C) groups is 1. The number of nitrogens with one attached hydrogen (secondary N) is 1. The molecule has 1 N–H and O–H groups in total. The zero-order chi connectivity index (χ0) is 24.7. The SMILES string of the molecule is CN1C(=O)c2ccccc2N=C(NCc2cccnc2)N1CCCN1CCN(c2ccccc2)CC1.Cl. The number of nitrogens with zero attached hydrogens (tertiary/aromatic N) is 6. The Morgan fingerprint density at radius 3 is 2.41 bits per heavy atom. The summed E-state index contributed by atoms with van der Waals surface area (Å²) < 4.78 is 0. The number of pyridine rings is 1. The van der Waals surface area contributed by atoms with E-state index in [4.69, 9.17) is 4.99 Å². The molecule has 9 heteroatoms. The highest BCUT2D eigenvalue weighted by Gasteiger charge is 2.28. The zero-order valence-corrected chi connectivity index (χ0v) is 22.0. The smallest absolute Gasteiger partial charge is 0.274 e. The molecule has 0 unspecified atom stereocenters. The Morgan fingerprint density at radius 2 is 1.65 bits per heavy atom. The van der Waals surface area contributed by atoms with Gasteiger partial charge in [-0.3, -0.25) is 24.7 Å². The molecule has 3 aromatic rings. The molecular formula is C28H34ClN7O. The van der Waals surface area contributed by atoms with Gasteiger partial charge in [0.05, 0.1) is 11.3 Å². The molecule has 1 amide bonds. The van der Waals surface area contributed by atoms with E-state index in [1.807, 2.05) is 54.7 Å². The summed E-state index contributed by atoms with van der Waals surface area (Å²) in [6, 6.07) is 22.1. The molecule has 0 radical (unpaired) electrons. The first kappa shape index (κ1) is 26.4. The summed E-state index contributed by atoms with van der Waals surface area (Å²) in [5.41, 5.74) is 3.65. The Balaban J connectivity index is 0.00000320. The minimum Gasteiger partial charge on any atom is -0.369 e. The molecule has 194 valence electrons. The van der Waals surface area contributed by atoms with Crippen molar-refractivity contribution in [2.45, 2.75) is 13.0 Å². The molecule has 5 rings (SSSR count). The van der Waals surface area contributed by atoms with E-state index in [2.05, 4.69) is 50.4 Å². The van der Waals surface area contributed by atoms with E-state index in [9.17, 15) is 4.79 Å². The summed E-state index contributed by atoms with van der Waals surface area (Å²) in [4.78, 5) is 27.3. The van der Waals surface area contributed by atoms with Gasteiger partial charge in [-0.2, -0.15) is 0 Å². The van der Waals surface area contributed by atoms with E-state index < -0.39 is 0 Å². The predicted molar refractivity (Wildman–Crippen MR) is 150 cm³/mol. The van der Waals surface area contributed by atoms with Crippen molar-refractivity contribution in [3.63, 3.8) is 0 Å². The first-order valence-corrected chi connectivity index (χ1v) is 12.6. The monoisotopic (exact) mass is 519 g/mol. The van der Waals surface area contributed by atoms with Crippen LogP contribution in [0.15, 0.2) is 84.1 Å². The van der Waals surface area contributed by atoms with E-state index in [-0.39, 0.29) is 18.3 Å². The van der Waals surface area contributed by atoms with Crippen molar-refractivity contribution in [1.82, 2.24) is 25.2 Å². The van der Waals surface area contributed by atoms with Crippen molar-refractivity contribution in [3.05, 3.63) is 90.3 Å². The molecule has 2 aliphatic heterocycles. The maximum atomic E-state index is 13.3. The number of aromatic nitrogens is 1. The number of halogens is 1. The second-order valence-electron chi connectivity index (χ2n) is 9.14. The zero-order valence-electron chi connectivity index (χ0n) is 21.2. The average Bonchev–Trinajstić information content (AvgIpc) is 3.03.